The van der Waals surface area contributed by atoms with Gasteiger partial charge in [0.15, 0.2) is 6.29 Å². The van der Waals surface area contributed by atoms with E-state index >= 15 is 0 Å². The molecule has 64 valence electrons. The van der Waals surface area contributed by atoms with E-state index in [-0.39, 0.29) is 6.54 Å². The Morgan fingerprint density at radius 2 is 2.42 bits per heavy atom. The molecule has 2 N–H and O–H groups in total. The van der Waals surface area contributed by atoms with E-state index in [0.29, 0.717) is 4.88 Å². The number of aldehydes is 1. The summed E-state index contributed by atoms with van der Waals surface area (Å²) in [6, 6.07) is 3.39. The minimum atomic E-state index is -1.06. The highest BCUT2D eigenvalue weighted by Crippen LogP contribution is 2.13. The van der Waals surface area contributed by atoms with E-state index in [2.05, 4.69) is 5.32 Å². The Bertz CT molecular complexity index is 295. The quantitative estimate of drug-likeness (QED) is 0.698. The van der Waals surface area contributed by atoms with Crippen LogP contribution in [0.4, 0.5) is 4.79 Å². The average Bonchev–Trinajstić information content (AvgIpc) is 2.48. The first kappa shape index (κ1) is 8.73. The van der Waals surface area contributed by atoms with Gasteiger partial charge in [0.25, 0.3) is 0 Å². The number of carbonyl (C=O) groups is 2. The molecule has 0 aliphatic rings. The molecule has 0 fully saturated rings. The molecule has 0 aliphatic heterocycles. The fraction of sp³-hybridized carbons (Fsp3) is 0.143. The lowest BCUT2D eigenvalue weighted by Gasteiger charge is -1.94. The van der Waals surface area contributed by atoms with E-state index in [9.17, 15) is 9.59 Å². The van der Waals surface area contributed by atoms with Crippen LogP contribution in [0.2, 0.25) is 0 Å². The van der Waals surface area contributed by atoms with Gasteiger partial charge in [-0.2, -0.15) is 0 Å². The molecule has 0 unspecified atom stereocenters. The van der Waals surface area contributed by atoms with Gasteiger partial charge in [-0.15, -0.1) is 11.3 Å². The third-order valence-electron chi connectivity index (χ3n) is 1.21. The summed E-state index contributed by atoms with van der Waals surface area (Å²) in [5.74, 6) is 0. The van der Waals surface area contributed by atoms with Gasteiger partial charge in [0.2, 0.25) is 0 Å². The van der Waals surface area contributed by atoms with Crippen molar-refractivity contribution >= 4 is 23.7 Å². The Balaban J connectivity index is 2.52. The molecule has 1 aromatic rings. The van der Waals surface area contributed by atoms with Crippen molar-refractivity contribution in [1.82, 2.24) is 5.32 Å². The zero-order valence-electron chi connectivity index (χ0n) is 6.11. The van der Waals surface area contributed by atoms with Gasteiger partial charge in [0.05, 0.1) is 11.4 Å². The Hall–Kier alpha value is -1.36. The van der Waals surface area contributed by atoms with E-state index in [4.69, 9.17) is 5.11 Å². The first-order valence-electron chi connectivity index (χ1n) is 3.23. The van der Waals surface area contributed by atoms with Crippen LogP contribution >= 0.6 is 11.3 Å². The largest absolute Gasteiger partial charge is 0.465 e. The summed E-state index contributed by atoms with van der Waals surface area (Å²) in [4.78, 5) is 21.7. The van der Waals surface area contributed by atoms with Crippen molar-refractivity contribution in [2.75, 3.05) is 0 Å². The van der Waals surface area contributed by atoms with Gasteiger partial charge in [-0.1, -0.05) is 0 Å². The van der Waals surface area contributed by atoms with Crippen LogP contribution in [0.3, 0.4) is 0 Å². The third kappa shape index (κ3) is 2.35. The van der Waals surface area contributed by atoms with Gasteiger partial charge in [0, 0.05) is 4.88 Å². The molecule has 12 heavy (non-hydrogen) atoms. The van der Waals surface area contributed by atoms with Crippen LogP contribution in [0.5, 0.6) is 0 Å². The zero-order chi connectivity index (χ0) is 8.97. The lowest BCUT2D eigenvalue weighted by Crippen LogP contribution is -2.19. The van der Waals surface area contributed by atoms with Crippen molar-refractivity contribution in [2.24, 2.45) is 0 Å². The van der Waals surface area contributed by atoms with Crippen molar-refractivity contribution in [1.29, 1.82) is 0 Å². The topological polar surface area (TPSA) is 66.4 Å². The number of thiophene rings is 1. The first-order chi connectivity index (χ1) is 5.72. The molecule has 0 bridgehead atoms. The molecule has 0 aromatic carbocycles. The molecule has 1 amide bonds. The van der Waals surface area contributed by atoms with E-state index in [0.717, 1.165) is 11.2 Å². The van der Waals surface area contributed by atoms with Crippen molar-refractivity contribution in [3.05, 3.63) is 21.9 Å². The van der Waals surface area contributed by atoms with E-state index in [1.807, 2.05) is 0 Å². The maximum atomic E-state index is 10.2. The minimum Gasteiger partial charge on any atom is -0.465 e. The number of nitrogens with one attached hydrogen (secondary N) is 1. The molecule has 1 aromatic heterocycles. The van der Waals surface area contributed by atoms with Crippen LogP contribution in [0.25, 0.3) is 0 Å². The Kier molecular flexibility index (Phi) is 2.82. The van der Waals surface area contributed by atoms with Crippen molar-refractivity contribution < 1.29 is 14.7 Å². The van der Waals surface area contributed by atoms with Crippen LogP contribution in [-0.4, -0.2) is 17.5 Å². The molecule has 5 heteroatoms. The van der Waals surface area contributed by atoms with Gasteiger partial charge in [-0.25, -0.2) is 4.79 Å². The highest BCUT2D eigenvalue weighted by Gasteiger charge is 1.99. The van der Waals surface area contributed by atoms with Gasteiger partial charge in [-0.05, 0) is 12.1 Å². The monoisotopic (exact) mass is 185 g/mol. The number of hydrogen-bond donors (Lipinski definition) is 2. The Labute approximate surface area is 72.8 Å². The zero-order valence-corrected chi connectivity index (χ0v) is 6.93. The third-order valence-corrected chi connectivity index (χ3v) is 2.22. The normalized spacial score (nSPS) is 9.33. The molecular weight excluding hydrogens is 178 g/mol. The Morgan fingerprint density at radius 3 is 2.92 bits per heavy atom. The minimum absolute atomic E-state index is 0.258. The molecule has 0 aliphatic carbocycles. The standard InChI is InChI=1S/C7H7NO3S/c9-4-6-2-1-5(12-6)3-8-7(10)11/h1-2,4,8H,3H2,(H,10,11). The van der Waals surface area contributed by atoms with Crippen LogP contribution < -0.4 is 5.32 Å². The molecule has 0 saturated carbocycles. The average molecular weight is 185 g/mol. The number of amides is 1. The maximum Gasteiger partial charge on any atom is 0.404 e. The molecular formula is C7H7NO3S. The Morgan fingerprint density at radius 1 is 1.67 bits per heavy atom. The maximum absolute atomic E-state index is 10.2. The molecule has 1 rings (SSSR count). The molecule has 1 heterocycles. The number of rotatable bonds is 3. The second-order valence-electron chi connectivity index (χ2n) is 2.08. The summed E-state index contributed by atoms with van der Waals surface area (Å²) < 4.78 is 0. The van der Waals surface area contributed by atoms with E-state index in [1.54, 1.807) is 12.1 Å². The number of carbonyl (C=O) groups excluding carboxylic acids is 1. The summed E-state index contributed by atoms with van der Waals surface area (Å²) in [5, 5.41) is 10.5. The molecule has 0 spiro atoms. The fourth-order valence-corrected chi connectivity index (χ4v) is 1.48. The summed E-state index contributed by atoms with van der Waals surface area (Å²) in [6.07, 6.45) is -0.314. The number of carboxylic acid groups (broad SMARTS) is 1. The van der Waals surface area contributed by atoms with Crippen LogP contribution in [0, 0.1) is 0 Å². The molecule has 0 saturated heterocycles. The summed E-state index contributed by atoms with van der Waals surface area (Å²) in [6.45, 7) is 0.258. The van der Waals surface area contributed by atoms with Crippen LogP contribution in [-0.2, 0) is 6.54 Å². The van der Waals surface area contributed by atoms with Crippen LogP contribution in [0.1, 0.15) is 14.5 Å². The smallest absolute Gasteiger partial charge is 0.404 e. The van der Waals surface area contributed by atoms with Crippen molar-refractivity contribution in [2.45, 2.75) is 6.54 Å². The molecule has 4 nitrogen and oxygen atoms in total. The SMILES string of the molecule is O=Cc1ccc(CNC(=O)O)s1. The lowest BCUT2D eigenvalue weighted by molar-refractivity contribution is 0.112. The van der Waals surface area contributed by atoms with E-state index < -0.39 is 6.09 Å². The predicted octanol–water partition coefficient (Wildman–Crippen LogP) is 1.33. The van der Waals surface area contributed by atoms with Crippen LogP contribution in [0.15, 0.2) is 12.1 Å². The van der Waals surface area contributed by atoms with E-state index in [1.165, 1.54) is 11.3 Å². The molecule has 0 radical (unpaired) electrons. The molecule has 0 atom stereocenters. The van der Waals surface area contributed by atoms with Crippen molar-refractivity contribution in [3.63, 3.8) is 0 Å². The summed E-state index contributed by atoms with van der Waals surface area (Å²) >= 11 is 1.28. The summed E-state index contributed by atoms with van der Waals surface area (Å²) in [7, 11) is 0. The first-order valence-corrected chi connectivity index (χ1v) is 4.04. The highest BCUT2D eigenvalue weighted by atomic mass is 32.1. The second kappa shape index (κ2) is 3.87. The van der Waals surface area contributed by atoms with Gasteiger partial charge in [0.1, 0.15) is 0 Å². The fourth-order valence-electron chi connectivity index (χ4n) is 0.716. The van der Waals surface area contributed by atoms with Crippen molar-refractivity contribution in [3.8, 4) is 0 Å². The second-order valence-corrected chi connectivity index (χ2v) is 3.28. The number of hydrogen-bond acceptors (Lipinski definition) is 3. The summed E-state index contributed by atoms with van der Waals surface area (Å²) in [5.41, 5.74) is 0. The van der Waals surface area contributed by atoms with Gasteiger partial charge >= 0.3 is 6.09 Å². The lowest BCUT2D eigenvalue weighted by atomic mass is 10.4. The van der Waals surface area contributed by atoms with Gasteiger partial charge in [-0.3, -0.25) is 4.79 Å². The highest BCUT2D eigenvalue weighted by molar-refractivity contribution is 7.13. The predicted molar refractivity (Wildman–Crippen MR) is 44.6 cm³/mol. The van der Waals surface area contributed by atoms with Gasteiger partial charge < -0.3 is 10.4 Å².